The van der Waals surface area contributed by atoms with Gasteiger partial charge in [-0.25, -0.2) is 4.79 Å². The summed E-state index contributed by atoms with van der Waals surface area (Å²) in [5.41, 5.74) is 0.420. The minimum atomic E-state index is -0.992. The van der Waals surface area contributed by atoms with Crippen LogP contribution < -0.4 is 0 Å². The van der Waals surface area contributed by atoms with Gasteiger partial charge < -0.3 is 19.7 Å². The molecule has 0 heterocycles. The Morgan fingerprint density at radius 3 is 2.43 bits per heavy atom. The van der Waals surface area contributed by atoms with Crippen LogP contribution in [0.1, 0.15) is 16.8 Å². The van der Waals surface area contributed by atoms with Crippen LogP contribution in [0.4, 0.5) is 0 Å². The molecule has 0 spiro atoms. The van der Waals surface area contributed by atoms with E-state index in [4.69, 9.17) is 14.6 Å². The van der Waals surface area contributed by atoms with Crippen LogP contribution in [-0.2, 0) is 14.3 Å². The molecule has 2 unspecified atom stereocenters. The van der Waals surface area contributed by atoms with Crippen molar-refractivity contribution in [3.05, 3.63) is 35.9 Å². The number of halogens is 1. The Morgan fingerprint density at radius 2 is 1.87 bits per heavy atom. The number of rotatable bonds is 6. The molecule has 0 aromatic heterocycles. The lowest BCUT2D eigenvalue weighted by molar-refractivity contribution is -0.139. The summed E-state index contributed by atoms with van der Waals surface area (Å²) in [6.07, 6.45) is -1.64. The lowest BCUT2D eigenvalue weighted by atomic mass is 9.91. The highest BCUT2D eigenvalue weighted by atomic mass is 127. The fourth-order valence-electron chi connectivity index (χ4n) is 2.97. The van der Waals surface area contributed by atoms with Crippen LogP contribution in [0.25, 0.3) is 0 Å². The fourth-order valence-corrected chi connectivity index (χ4v) is 4.18. The Labute approximate surface area is 147 Å². The number of esters is 1. The van der Waals surface area contributed by atoms with Crippen LogP contribution in [0.3, 0.4) is 0 Å². The first-order valence-corrected chi connectivity index (χ1v) is 8.49. The second-order valence-electron chi connectivity index (χ2n) is 5.55. The van der Waals surface area contributed by atoms with E-state index in [0.29, 0.717) is 5.56 Å². The maximum Gasteiger partial charge on any atom is 0.338 e. The average Bonchev–Trinajstić information content (AvgIpc) is 2.74. The molecular weight excluding hydrogens is 415 g/mol. The number of carboxylic acid groups (broad SMARTS) is 1. The Morgan fingerprint density at radius 1 is 1.22 bits per heavy atom. The number of aliphatic carboxylic acids is 1. The predicted molar refractivity (Wildman–Crippen MR) is 90.6 cm³/mol. The molecule has 1 aliphatic rings. The molecule has 1 aromatic rings. The molecule has 1 aromatic carbocycles. The number of benzene rings is 1. The quantitative estimate of drug-likeness (QED) is 0.403. The molecule has 2 N–H and O–H groups in total. The minimum Gasteiger partial charge on any atom is -0.481 e. The molecule has 126 valence electrons. The first-order valence-electron chi connectivity index (χ1n) is 7.24. The number of ether oxygens (including phenoxy) is 2. The number of methoxy groups -OCH3 is 1. The number of hydrogen-bond donors (Lipinski definition) is 2. The van der Waals surface area contributed by atoms with E-state index in [-0.39, 0.29) is 22.9 Å². The van der Waals surface area contributed by atoms with Crippen molar-refractivity contribution in [2.45, 2.75) is 22.6 Å². The summed E-state index contributed by atoms with van der Waals surface area (Å²) in [6.45, 7) is 0.223. The van der Waals surface area contributed by atoms with Gasteiger partial charge >= 0.3 is 11.9 Å². The van der Waals surface area contributed by atoms with Gasteiger partial charge in [-0.3, -0.25) is 4.79 Å². The summed E-state index contributed by atoms with van der Waals surface area (Å²) in [4.78, 5) is 23.3. The third-order valence-electron chi connectivity index (χ3n) is 4.07. The Hall–Kier alpha value is -1.19. The molecule has 0 saturated heterocycles. The van der Waals surface area contributed by atoms with Crippen molar-refractivity contribution in [3.8, 4) is 0 Å². The topological polar surface area (TPSA) is 93.1 Å². The molecule has 0 amide bonds. The SMILES string of the molecule is COC[C@@H]1C(CC(=O)O)[C@@H](O)C(I)[C@H]1OC(=O)c1ccccc1. The monoisotopic (exact) mass is 434 g/mol. The zero-order valence-electron chi connectivity index (χ0n) is 12.6. The number of alkyl halides is 1. The number of aliphatic hydroxyl groups excluding tert-OH is 1. The maximum atomic E-state index is 12.3. The van der Waals surface area contributed by atoms with E-state index < -0.39 is 30.1 Å². The largest absolute Gasteiger partial charge is 0.481 e. The van der Waals surface area contributed by atoms with Crippen molar-refractivity contribution in [2.24, 2.45) is 11.8 Å². The molecular formula is C16H19IO6. The number of hydrogen-bond acceptors (Lipinski definition) is 5. The van der Waals surface area contributed by atoms with E-state index in [2.05, 4.69) is 0 Å². The van der Waals surface area contributed by atoms with Crippen LogP contribution in [0.2, 0.25) is 0 Å². The summed E-state index contributed by atoms with van der Waals surface area (Å²) in [7, 11) is 1.50. The van der Waals surface area contributed by atoms with Crippen molar-refractivity contribution < 1.29 is 29.3 Å². The molecule has 5 atom stereocenters. The lowest BCUT2D eigenvalue weighted by Crippen LogP contribution is -2.33. The summed E-state index contributed by atoms with van der Waals surface area (Å²) < 4.78 is 10.3. The van der Waals surface area contributed by atoms with Crippen LogP contribution in [0.5, 0.6) is 0 Å². The van der Waals surface area contributed by atoms with E-state index in [1.165, 1.54) is 7.11 Å². The Kier molecular flexibility index (Phi) is 6.37. The van der Waals surface area contributed by atoms with Crippen LogP contribution in [0, 0.1) is 11.8 Å². The number of aliphatic hydroxyl groups is 1. The Balaban J connectivity index is 2.17. The van der Waals surface area contributed by atoms with E-state index in [9.17, 15) is 14.7 Å². The average molecular weight is 434 g/mol. The minimum absolute atomic E-state index is 0.186. The van der Waals surface area contributed by atoms with Crippen LogP contribution in [0.15, 0.2) is 30.3 Å². The predicted octanol–water partition coefficient (Wildman–Crippen LogP) is 1.74. The van der Waals surface area contributed by atoms with Crippen molar-refractivity contribution >= 4 is 34.5 Å². The second-order valence-corrected chi connectivity index (χ2v) is 6.99. The van der Waals surface area contributed by atoms with Gasteiger partial charge in [0.25, 0.3) is 0 Å². The second kappa shape index (κ2) is 8.07. The van der Waals surface area contributed by atoms with Gasteiger partial charge in [0.15, 0.2) is 0 Å². The molecule has 1 aliphatic carbocycles. The lowest BCUT2D eigenvalue weighted by Gasteiger charge is -2.24. The summed E-state index contributed by atoms with van der Waals surface area (Å²) >= 11 is 2.01. The molecule has 2 rings (SSSR count). The van der Waals surface area contributed by atoms with Crippen LogP contribution in [-0.4, -0.2) is 52.0 Å². The summed E-state index contributed by atoms with van der Waals surface area (Å²) in [5, 5.41) is 19.4. The zero-order chi connectivity index (χ0) is 17.0. The van der Waals surface area contributed by atoms with Gasteiger partial charge in [0.05, 0.1) is 28.6 Å². The van der Waals surface area contributed by atoms with Crippen LogP contribution >= 0.6 is 22.6 Å². The zero-order valence-corrected chi connectivity index (χ0v) is 14.8. The third-order valence-corrected chi connectivity index (χ3v) is 5.52. The molecule has 1 saturated carbocycles. The van der Waals surface area contributed by atoms with Gasteiger partial charge in [-0.05, 0) is 12.1 Å². The highest BCUT2D eigenvalue weighted by molar-refractivity contribution is 14.1. The molecule has 0 bridgehead atoms. The fraction of sp³-hybridized carbons (Fsp3) is 0.500. The van der Waals surface area contributed by atoms with Gasteiger partial charge in [0.1, 0.15) is 6.10 Å². The van der Waals surface area contributed by atoms with Gasteiger partial charge in [-0.15, -0.1) is 0 Å². The number of carbonyl (C=O) groups excluding carboxylic acids is 1. The highest BCUT2D eigenvalue weighted by Crippen LogP contribution is 2.41. The maximum absolute atomic E-state index is 12.3. The number of carbonyl (C=O) groups is 2. The Bertz CT molecular complexity index is 549. The van der Waals surface area contributed by atoms with Gasteiger partial charge in [0.2, 0.25) is 0 Å². The third kappa shape index (κ3) is 4.21. The standard InChI is InChI=1S/C16H19IO6/c1-22-8-11-10(7-12(18)19)14(20)13(17)15(11)23-16(21)9-5-3-2-4-6-9/h2-6,10-11,13-15,20H,7-8H2,1H3,(H,18,19)/t10?,11-,13?,14-,15+/m1/s1. The van der Waals surface area contributed by atoms with Gasteiger partial charge in [-0.1, -0.05) is 40.8 Å². The molecule has 6 nitrogen and oxygen atoms in total. The van der Waals surface area contributed by atoms with Gasteiger partial charge in [-0.2, -0.15) is 0 Å². The molecule has 1 fully saturated rings. The van der Waals surface area contributed by atoms with E-state index in [1.54, 1.807) is 30.3 Å². The molecule has 0 radical (unpaired) electrons. The highest BCUT2D eigenvalue weighted by Gasteiger charge is 2.51. The number of carboxylic acids is 1. The van der Waals surface area contributed by atoms with E-state index in [1.807, 2.05) is 22.6 Å². The molecule has 7 heteroatoms. The van der Waals surface area contributed by atoms with E-state index in [0.717, 1.165) is 0 Å². The summed E-state index contributed by atoms with van der Waals surface area (Å²) in [6, 6.07) is 8.57. The molecule has 0 aliphatic heterocycles. The normalized spacial score (nSPS) is 30.1. The first kappa shape index (κ1) is 18.2. The summed E-state index contributed by atoms with van der Waals surface area (Å²) in [5.74, 6) is -2.35. The smallest absolute Gasteiger partial charge is 0.338 e. The van der Waals surface area contributed by atoms with E-state index >= 15 is 0 Å². The van der Waals surface area contributed by atoms with Gasteiger partial charge in [0, 0.05) is 18.9 Å². The van der Waals surface area contributed by atoms with Crippen molar-refractivity contribution in [1.82, 2.24) is 0 Å². The van der Waals surface area contributed by atoms with Crippen molar-refractivity contribution in [3.63, 3.8) is 0 Å². The first-order chi connectivity index (χ1) is 11.0. The van der Waals surface area contributed by atoms with Crippen molar-refractivity contribution in [1.29, 1.82) is 0 Å². The molecule has 23 heavy (non-hydrogen) atoms. The van der Waals surface area contributed by atoms with Crippen molar-refractivity contribution in [2.75, 3.05) is 13.7 Å².